The predicted octanol–water partition coefficient (Wildman–Crippen LogP) is 7.52. The third-order valence-electron chi connectivity index (χ3n) is 5.76. The van der Waals surface area contributed by atoms with Crippen LogP contribution in [0.4, 0.5) is 0 Å². The summed E-state index contributed by atoms with van der Waals surface area (Å²) in [5.41, 5.74) is 2.84. The molecule has 0 heterocycles. The molecule has 3 aromatic rings. The number of allylic oxidation sites excluding steroid dienone is 4. The molecule has 0 aliphatic heterocycles. The second-order valence-corrected chi connectivity index (χ2v) is 17.2. The predicted molar refractivity (Wildman–Crippen MR) is 141 cm³/mol. The maximum atomic E-state index is 4.51. The van der Waals surface area contributed by atoms with Gasteiger partial charge in [-0.1, -0.05) is 0 Å². The van der Waals surface area contributed by atoms with Gasteiger partial charge in [0.1, 0.15) is 0 Å². The van der Waals surface area contributed by atoms with Gasteiger partial charge in [0.05, 0.1) is 0 Å². The third-order valence-corrected chi connectivity index (χ3v) is 15.3. The van der Waals surface area contributed by atoms with Crippen LogP contribution in [-0.4, -0.2) is 6.16 Å². The first kappa shape index (κ1) is 22.7. The molecule has 0 amide bonds. The molecule has 0 spiro atoms. The summed E-state index contributed by atoms with van der Waals surface area (Å²) in [4.78, 5) is 0. The average molecular weight is 479 g/mol. The third kappa shape index (κ3) is 4.69. The molecular weight excluding hydrogens is 447 g/mol. The summed E-state index contributed by atoms with van der Waals surface area (Å²) in [6, 6.07) is 33.0. The number of rotatable bonds is 8. The van der Waals surface area contributed by atoms with Crippen molar-refractivity contribution in [3.63, 3.8) is 0 Å². The van der Waals surface area contributed by atoms with E-state index in [-0.39, 0.29) is 0 Å². The first-order valence-corrected chi connectivity index (χ1v) is 15.1. The zero-order valence-electron chi connectivity index (χ0n) is 18.3. The molecule has 0 aromatic heterocycles. The maximum absolute atomic E-state index is 4.51. The molecule has 0 atom stereocenters. The summed E-state index contributed by atoms with van der Waals surface area (Å²) >= 11 is 4.51. The van der Waals surface area contributed by atoms with Crippen molar-refractivity contribution in [2.75, 3.05) is 6.16 Å². The Kier molecular flexibility index (Phi) is 7.50. The number of hydrogen-bond donors (Lipinski definition) is 0. The number of halogens is 1. The van der Waals surface area contributed by atoms with Crippen LogP contribution in [0, 0.1) is 0 Å². The number of benzene rings is 3. The minimum absolute atomic E-state index is 0.963. The van der Waals surface area contributed by atoms with Gasteiger partial charge in [-0.25, -0.2) is 0 Å². The SMILES string of the molecule is CC(C)=CCC/C(C)=C/CP(Br)(c1ccccc1)(c1ccccc1)c1ccccc1. The van der Waals surface area contributed by atoms with Crippen LogP contribution in [0.25, 0.3) is 0 Å². The molecule has 0 fully saturated rings. The Labute approximate surface area is 190 Å². The van der Waals surface area contributed by atoms with Gasteiger partial charge < -0.3 is 0 Å². The molecule has 0 saturated heterocycles. The molecule has 0 unspecified atom stereocenters. The van der Waals surface area contributed by atoms with E-state index >= 15 is 0 Å². The quantitative estimate of drug-likeness (QED) is 0.232. The Morgan fingerprint density at radius 3 is 1.43 bits per heavy atom. The van der Waals surface area contributed by atoms with Gasteiger partial charge in [-0.3, -0.25) is 0 Å². The van der Waals surface area contributed by atoms with Crippen molar-refractivity contribution in [3.8, 4) is 0 Å². The van der Waals surface area contributed by atoms with Gasteiger partial charge in [0.2, 0.25) is 0 Å². The van der Waals surface area contributed by atoms with Crippen LogP contribution in [0.1, 0.15) is 33.6 Å². The van der Waals surface area contributed by atoms with Crippen LogP contribution >= 0.6 is 20.8 Å². The van der Waals surface area contributed by atoms with Crippen LogP contribution in [0.3, 0.4) is 0 Å². The molecule has 3 rings (SSSR count). The summed E-state index contributed by atoms with van der Waals surface area (Å²) in [7, 11) is 0. The molecule has 0 saturated carbocycles. The zero-order chi connectivity index (χ0) is 21.5. The van der Waals surface area contributed by atoms with Crippen molar-refractivity contribution in [2.24, 2.45) is 0 Å². The van der Waals surface area contributed by atoms with Crippen molar-refractivity contribution in [1.82, 2.24) is 0 Å². The Morgan fingerprint density at radius 2 is 1.07 bits per heavy atom. The average Bonchev–Trinajstić information content (AvgIpc) is 2.79. The Bertz CT molecular complexity index is 901. The van der Waals surface area contributed by atoms with E-state index in [1.807, 2.05) is 0 Å². The summed E-state index contributed by atoms with van der Waals surface area (Å²) in [6.07, 6.45) is 7.97. The van der Waals surface area contributed by atoms with E-state index in [4.69, 9.17) is 0 Å². The fourth-order valence-corrected chi connectivity index (χ4v) is 11.1. The summed E-state index contributed by atoms with van der Waals surface area (Å²) in [5, 5.41) is 1.27. The molecule has 0 bridgehead atoms. The van der Waals surface area contributed by atoms with Crippen LogP contribution in [0.2, 0.25) is 0 Å². The standard InChI is InChI=1S/C28H32BrP/c1-24(2)14-13-15-25(3)22-23-30(29,26-16-7-4-8-17-26,27-18-9-5-10-19-27)28-20-11-6-12-21-28/h4-12,14,16-22H,13,15,23H2,1-3H3/b25-22+. The molecule has 0 N–H and O–H groups in total. The fraction of sp³-hybridized carbons (Fsp3) is 0.214. The van der Waals surface area contributed by atoms with Crippen molar-refractivity contribution >= 4 is 36.7 Å². The van der Waals surface area contributed by atoms with E-state index in [2.05, 4.69) is 139 Å². The molecule has 30 heavy (non-hydrogen) atoms. The van der Waals surface area contributed by atoms with Gasteiger partial charge >= 0.3 is 191 Å². The van der Waals surface area contributed by atoms with E-state index < -0.39 is 5.31 Å². The molecule has 0 nitrogen and oxygen atoms in total. The Morgan fingerprint density at radius 1 is 0.667 bits per heavy atom. The normalized spacial score (nSPS) is 13.3. The molecule has 0 radical (unpaired) electrons. The number of hydrogen-bond acceptors (Lipinski definition) is 0. The molecule has 3 aromatic carbocycles. The van der Waals surface area contributed by atoms with Crippen LogP contribution in [0.15, 0.2) is 114 Å². The van der Waals surface area contributed by atoms with Crippen LogP contribution in [-0.2, 0) is 0 Å². The summed E-state index contributed by atoms with van der Waals surface area (Å²) < 4.78 is 0. The molecule has 0 aliphatic rings. The van der Waals surface area contributed by atoms with Crippen LogP contribution in [0.5, 0.6) is 0 Å². The van der Waals surface area contributed by atoms with E-state index in [0.29, 0.717) is 0 Å². The van der Waals surface area contributed by atoms with E-state index in [1.165, 1.54) is 27.1 Å². The zero-order valence-corrected chi connectivity index (χ0v) is 20.7. The van der Waals surface area contributed by atoms with E-state index in [1.54, 1.807) is 0 Å². The Hall–Kier alpha value is -1.95. The molecule has 156 valence electrons. The summed E-state index contributed by atoms with van der Waals surface area (Å²) in [6.45, 7) is 6.61. The first-order chi connectivity index (χ1) is 14.4. The van der Waals surface area contributed by atoms with E-state index in [9.17, 15) is 0 Å². The van der Waals surface area contributed by atoms with Crippen molar-refractivity contribution in [3.05, 3.63) is 114 Å². The van der Waals surface area contributed by atoms with Gasteiger partial charge in [0.15, 0.2) is 0 Å². The van der Waals surface area contributed by atoms with Crippen molar-refractivity contribution < 1.29 is 0 Å². The molecule has 2 heteroatoms. The topological polar surface area (TPSA) is 0 Å². The van der Waals surface area contributed by atoms with Gasteiger partial charge in [0, 0.05) is 0 Å². The van der Waals surface area contributed by atoms with Gasteiger partial charge in [-0.15, -0.1) is 0 Å². The molecule has 0 aliphatic carbocycles. The van der Waals surface area contributed by atoms with Gasteiger partial charge in [-0.2, -0.15) is 0 Å². The van der Waals surface area contributed by atoms with Crippen molar-refractivity contribution in [1.29, 1.82) is 0 Å². The van der Waals surface area contributed by atoms with Crippen molar-refractivity contribution in [2.45, 2.75) is 33.6 Å². The van der Waals surface area contributed by atoms with Gasteiger partial charge in [0.25, 0.3) is 0 Å². The first-order valence-electron chi connectivity index (χ1n) is 10.6. The van der Waals surface area contributed by atoms with Gasteiger partial charge in [-0.05, 0) is 0 Å². The Balaban J connectivity index is 2.19. The van der Waals surface area contributed by atoms with E-state index in [0.717, 1.165) is 19.0 Å². The minimum atomic E-state index is -2.84. The van der Waals surface area contributed by atoms with Crippen LogP contribution < -0.4 is 15.9 Å². The fourth-order valence-electron chi connectivity index (χ4n) is 4.00. The summed E-state index contributed by atoms with van der Waals surface area (Å²) in [5.74, 6) is 0. The molecular formula is C28H32BrP. The monoisotopic (exact) mass is 478 g/mol. The second-order valence-electron chi connectivity index (χ2n) is 8.24. The second kappa shape index (κ2) is 9.90.